The van der Waals surface area contributed by atoms with Gasteiger partial charge in [0.05, 0.1) is 0 Å². The van der Waals surface area contributed by atoms with Crippen LogP contribution in [0.4, 0.5) is 0 Å². The molecule has 0 aliphatic carbocycles. The summed E-state index contributed by atoms with van der Waals surface area (Å²) in [5.74, 6) is 0.523. The fraction of sp³-hybridized carbons (Fsp3) is 0.364. The first-order chi connectivity index (χ1) is 13.3. The van der Waals surface area contributed by atoms with Crippen LogP contribution in [0.15, 0.2) is 53.0 Å². The van der Waals surface area contributed by atoms with Gasteiger partial charge in [-0.1, -0.05) is 60.1 Å². The van der Waals surface area contributed by atoms with Crippen molar-refractivity contribution >= 4 is 27.7 Å². The Hall–Kier alpha value is -2.34. The molecule has 0 aromatic heterocycles. The molecule has 0 bridgehead atoms. The van der Waals surface area contributed by atoms with E-state index in [0.29, 0.717) is 12.3 Å². The summed E-state index contributed by atoms with van der Waals surface area (Å²) in [6, 6.07) is 14.8. The van der Waals surface area contributed by atoms with Crippen molar-refractivity contribution in [1.29, 1.82) is 0 Å². The Morgan fingerprint density at radius 3 is 2.46 bits per heavy atom. The lowest BCUT2D eigenvalue weighted by Crippen LogP contribution is -2.48. The second-order valence-electron chi connectivity index (χ2n) is 6.92. The van der Waals surface area contributed by atoms with Gasteiger partial charge in [0, 0.05) is 18.1 Å². The number of carbonyl (C=O) groups is 2. The molecule has 0 unspecified atom stereocenters. The summed E-state index contributed by atoms with van der Waals surface area (Å²) in [5, 5.41) is 2.61. The van der Waals surface area contributed by atoms with Crippen LogP contribution >= 0.6 is 15.9 Å². The molecule has 0 aliphatic rings. The Labute approximate surface area is 175 Å². The fourth-order valence-corrected chi connectivity index (χ4v) is 3.38. The van der Waals surface area contributed by atoms with Crippen molar-refractivity contribution in [1.82, 2.24) is 10.2 Å². The predicted molar refractivity (Wildman–Crippen MR) is 114 cm³/mol. The standard InChI is InChI=1S/C22H27BrN2O3/c1-15(2)19-10-5-6-11-20(19)28-14-21(26)25(16(3)22(27)24-4)13-17-8-7-9-18(23)12-17/h5-12,15-16H,13-14H2,1-4H3,(H,24,27)/t16-/m0/s1. The number of nitrogens with zero attached hydrogens (tertiary/aromatic N) is 1. The van der Waals surface area contributed by atoms with Gasteiger partial charge in [0.15, 0.2) is 6.61 Å². The van der Waals surface area contributed by atoms with E-state index in [9.17, 15) is 9.59 Å². The topological polar surface area (TPSA) is 58.6 Å². The normalized spacial score (nSPS) is 11.8. The van der Waals surface area contributed by atoms with Crippen LogP contribution in [0.2, 0.25) is 0 Å². The third-order valence-corrected chi connectivity index (χ3v) is 5.04. The van der Waals surface area contributed by atoms with Crippen LogP contribution in [0.5, 0.6) is 5.75 Å². The van der Waals surface area contributed by atoms with Crippen LogP contribution < -0.4 is 10.1 Å². The van der Waals surface area contributed by atoms with Gasteiger partial charge in [0.2, 0.25) is 5.91 Å². The predicted octanol–water partition coefficient (Wildman–Crippen LogP) is 4.11. The molecule has 28 heavy (non-hydrogen) atoms. The number of nitrogens with one attached hydrogen (secondary N) is 1. The lowest BCUT2D eigenvalue weighted by atomic mass is 10.0. The van der Waals surface area contributed by atoms with E-state index in [1.54, 1.807) is 18.9 Å². The lowest BCUT2D eigenvalue weighted by Gasteiger charge is -2.28. The minimum atomic E-state index is -0.611. The Kier molecular flexibility index (Phi) is 8.05. The summed E-state index contributed by atoms with van der Waals surface area (Å²) in [5.41, 5.74) is 1.98. The van der Waals surface area contributed by atoms with Gasteiger partial charge in [0.25, 0.3) is 5.91 Å². The van der Waals surface area contributed by atoms with E-state index >= 15 is 0 Å². The molecule has 150 valence electrons. The molecule has 0 saturated heterocycles. The van der Waals surface area contributed by atoms with Gasteiger partial charge in [-0.25, -0.2) is 0 Å². The lowest BCUT2D eigenvalue weighted by molar-refractivity contribution is -0.142. The van der Waals surface area contributed by atoms with E-state index in [1.165, 1.54) is 0 Å². The first-order valence-corrected chi connectivity index (χ1v) is 10.1. The number of carbonyl (C=O) groups excluding carboxylic acids is 2. The zero-order chi connectivity index (χ0) is 20.7. The van der Waals surface area contributed by atoms with Crippen molar-refractivity contribution in [2.75, 3.05) is 13.7 Å². The number of likely N-dealkylation sites (N-methyl/N-ethyl adjacent to an activating group) is 1. The molecule has 6 heteroatoms. The quantitative estimate of drug-likeness (QED) is 0.663. The third kappa shape index (κ3) is 5.83. The van der Waals surface area contributed by atoms with Crippen molar-refractivity contribution in [3.8, 4) is 5.75 Å². The van der Waals surface area contributed by atoms with E-state index < -0.39 is 6.04 Å². The monoisotopic (exact) mass is 446 g/mol. The molecule has 0 aliphatic heterocycles. The minimum Gasteiger partial charge on any atom is -0.483 e. The highest BCUT2D eigenvalue weighted by molar-refractivity contribution is 9.10. The summed E-state index contributed by atoms with van der Waals surface area (Å²) in [7, 11) is 1.57. The second-order valence-corrected chi connectivity index (χ2v) is 7.84. The average Bonchev–Trinajstić information content (AvgIpc) is 2.69. The van der Waals surface area contributed by atoms with Gasteiger partial charge < -0.3 is 15.0 Å². The molecule has 5 nitrogen and oxygen atoms in total. The molecule has 0 radical (unpaired) electrons. The Bertz CT molecular complexity index is 823. The molecule has 1 atom stereocenters. The van der Waals surface area contributed by atoms with E-state index in [-0.39, 0.29) is 24.3 Å². The van der Waals surface area contributed by atoms with Crippen molar-refractivity contribution in [2.24, 2.45) is 0 Å². The molecule has 2 amide bonds. The summed E-state index contributed by atoms with van der Waals surface area (Å²) >= 11 is 3.44. The van der Waals surface area contributed by atoms with Crippen molar-refractivity contribution in [2.45, 2.75) is 39.3 Å². The van der Waals surface area contributed by atoms with E-state index in [1.807, 2.05) is 48.5 Å². The van der Waals surface area contributed by atoms with Crippen molar-refractivity contribution < 1.29 is 14.3 Å². The molecule has 0 saturated carbocycles. The molecular formula is C22H27BrN2O3. The van der Waals surface area contributed by atoms with Gasteiger partial charge in [-0.3, -0.25) is 9.59 Å². The smallest absolute Gasteiger partial charge is 0.261 e. The Morgan fingerprint density at radius 2 is 1.82 bits per heavy atom. The van der Waals surface area contributed by atoms with Crippen LogP contribution in [0.1, 0.15) is 37.8 Å². The van der Waals surface area contributed by atoms with E-state index in [4.69, 9.17) is 4.74 Å². The number of hydrogen-bond acceptors (Lipinski definition) is 3. The Balaban J connectivity index is 2.18. The van der Waals surface area contributed by atoms with Gasteiger partial charge >= 0.3 is 0 Å². The van der Waals surface area contributed by atoms with E-state index in [0.717, 1.165) is 15.6 Å². The van der Waals surface area contributed by atoms with Crippen LogP contribution in [0.25, 0.3) is 0 Å². The highest BCUT2D eigenvalue weighted by Gasteiger charge is 2.26. The summed E-state index contributed by atoms with van der Waals surface area (Å²) in [6.45, 7) is 6.08. The molecule has 0 heterocycles. The molecule has 2 rings (SSSR count). The van der Waals surface area contributed by atoms with Crippen molar-refractivity contribution in [3.05, 3.63) is 64.1 Å². The fourth-order valence-electron chi connectivity index (χ4n) is 2.93. The van der Waals surface area contributed by atoms with Gasteiger partial charge in [-0.2, -0.15) is 0 Å². The minimum absolute atomic E-state index is 0.126. The number of halogens is 1. The molecule has 2 aromatic carbocycles. The molecule has 0 spiro atoms. The Morgan fingerprint density at radius 1 is 1.11 bits per heavy atom. The summed E-state index contributed by atoms with van der Waals surface area (Å²) in [4.78, 5) is 26.7. The zero-order valence-corrected chi connectivity index (χ0v) is 18.3. The van der Waals surface area contributed by atoms with Gasteiger partial charge in [-0.05, 0) is 42.2 Å². The number of amides is 2. The van der Waals surface area contributed by atoms with Crippen LogP contribution in [-0.2, 0) is 16.1 Å². The van der Waals surface area contributed by atoms with E-state index in [2.05, 4.69) is 35.1 Å². The SMILES string of the molecule is CNC(=O)[C@H](C)N(Cc1cccc(Br)c1)C(=O)COc1ccccc1C(C)C. The summed E-state index contributed by atoms with van der Waals surface area (Å²) < 4.78 is 6.76. The maximum atomic E-state index is 13.0. The zero-order valence-electron chi connectivity index (χ0n) is 16.7. The van der Waals surface area contributed by atoms with Gasteiger partial charge in [0.1, 0.15) is 11.8 Å². The van der Waals surface area contributed by atoms with Gasteiger partial charge in [-0.15, -0.1) is 0 Å². The third-order valence-electron chi connectivity index (χ3n) is 4.55. The number of rotatable bonds is 8. The number of para-hydroxylation sites is 1. The molecule has 0 fully saturated rings. The number of ether oxygens (including phenoxy) is 1. The highest BCUT2D eigenvalue weighted by atomic mass is 79.9. The molecule has 1 N–H and O–H groups in total. The maximum Gasteiger partial charge on any atom is 0.261 e. The first kappa shape index (κ1) is 22.0. The van der Waals surface area contributed by atoms with Crippen molar-refractivity contribution in [3.63, 3.8) is 0 Å². The van der Waals surface area contributed by atoms with Crippen LogP contribution in [-0.4, -0.2) is 36.4 Å². The maximum absolute atomic E-state index is 13.0. The number of benzene rings is 2. The largest absolute Gasteiger partial charge is 0.483 e. The molecule has 2 aromatic rings. The summed E-state index contributed by atoms with van der Waals surface area (Å²) in [6.07, 6.45) is 0. The first-order valence-electron chi connectivity index (χ1n) is 9.30. The average molecular weight is 447 g/mol. The second kappa shape index (κ2) is 10.3. The van der Waals surface area contributed by atoms with Crippen LogP contribution in [0, 0.1) is 0 Å². The molecular weight excluding hydrogens is 420 g/mol. The van der Waals surface area contributed by atoms with Crippen LogP contribution in [0.3, 0.4) is 0 Å². The highest BCUT2D eigenvalue weighted by Crippen LogP contribution is 2.26. The number of hydrogen-bond donors (Lipinski definition) is 1.